The van der Waals surface area contributed by atoms with Crippen molar-refractivity contribution < 1.29 is 19.2 Å². The highest BCUT2D eigenvalue weighted by Gasteiger charge is 2.43. The molecule has 1 saturated carbocycles. The largest absolute Gasteiger partial charge is 0.497 e. The molecule has 1 saturated heterocycles. The standard InChI is InChI=1S/C39H47ClN4O4/c1-38(2,41)25-34(44-21-19-39(20-22-44,37(45)46)24-26-9-16-31(47-3)17-10-26)28-11-13-29(14-12-28)35-42-36(48-43-35)30-15-18-32(33(40)23-30)27-7-5-4-6-8-27/h9-18,23,27,34H,4-8,19-22,24-25,41H2,1-3H3,(H,45,46). The van der Waals surface area contributed by atoms with E-state index < -0.39 is 16.9 Å². The summed E-state index contributed by atoms with van der Waals surface area (Å²) in [6, 6.07) is 22.1. The van der Waals surface area contributed by atoms with Crippen molar-refractivity contribution >= 4 is 17.6 Å². The molecule has 0 amide bonds. The van der Waals surface area contributed by atoms with Gasteiger partial charge in [0.1, 0.15) is 5.75 Å². The topological polar surface area (TPSA) is 115 Å². The van der Waals surface area contributed by atoms with Gasteiger partial charge in [-0.15, -0.1) is 0 Å². The maximum Gasteiger partial charge on any atom is 0.310 e. The number of halogens is 1. The van der Waals surface area contributed by atoms with Crippen LogP contribution in [0.25, 0.3) is 22.8 Å². The van der Waals surface area contributed by atoms with Crippen LogP contribution in [0.2, 0.25) is 5.02 Å². The van der Waals surface area contributed by atoms with Crippen LogP contribution >= 0.6 is 11.6 Å². The number of hydrogen-bond acceptors (Lipinski definition) is 7. The van der Waals surface area contributed by atoms with Gasteiger partial charge < -0.3 is 20.1 Å². The molecule has 2 heterocycles. The predicted molar refractivity (Wildman–Crippen MR) is 189 cm³/mol. The van der Waals surface area contributed by atoms with Crippen molar-refractivity contribution in [3.8, 4) is 28.6 Å². The van der Waals surface area contributed by atoms with Crippen molar-refractivity contribution in [3.63, 3.8) is 0 Å². The minimum Gasteiger partial charge on any atom is -0.497 e. The number of aromatic nitrogens is 2. The van der Waals surface area contributed by atoms with E-state index >= 15 is 0 Å². The van der Waals surface area contributed by atoms with Gasteiger partial charge in [-0.25, -0.2) is 0 Å². The Morgan fingerprint density at radius 3 is 2.31 bits per heavy atom. The summed E-state index contributed by atoms with van der Waals surface area (Å²) in [5.74, 6) is 1.51. The molecule has 1 aliphatic heterocycles. The van der Waals surface area contributed by atoms with Crippen LogP contribution in [0.15, 0.2) is 71.3 Å². The van der Waals surface area contributed by atoms with E-state index in [9.17, 15) is 9.90 Å². The van der Waals surface area contributed by atoms with Crippen LogP contribution in [0.3, 0.4) is 0 Å². The van der Waals surface area contributed by atoms with Gasteiger partial charge in [-0.05, 0) is 112 Å². The van der Waals surface area contributed by atoms with Crippen LogP contribution in [0.1, 0.15) is 93.9 Å². The van der Waals surface area contributed by atoms with Gasteiger partial charge in [0.05, 0.1) is 12.5 Å². The number of carboxylic acids is 1. The number of rotatable bonds is 11. The zero-order valence-electron chi connectivity index (χ0n) is 28.3. The van der Waals surface area contributed by atoms with Crippen LogP contribution in [0, 0.1) is 5.41 Å². The molecular formula is C39H47ClN4O4. The second kappa shape index (κ2) is 14.4. The number of aliphatic carboxylic acids is 1. The molecule has 9 heteroatoms. The zero-order chi connectivity index (χ0) is 33.9. The van der Waals surface area contributed by atoms with Gasteiger partial charge in [-0.1, -0.05) is 78.5 Å². The SMILES string of the molecule is COc1ccc(CC2(C(=O)O)CCN(C(CC(C)(C)N)c3ccc(-c4noc(-c5ccc(C6CCCCC6)c(Cl)c5)n4)cc3)CC2)cc1. The summed E-state index contributed by atoms with van der Waals surface area (Å²) in [5.41, 5.74) is 10.4. The molecular weight excluding hydrogens is 624 g/mol. The second-order valence-electron chi connectivity index (χ2n) is 14.5. The average Bonchev–Trinajstić information content (AvgIpc) is 3.59. The van der Waals surface area contributed by atoms with Crippen molar-refractivity contribution in [3.05, 3.63) is 88.4 Å². The lowest BCUT2D eigenvalue weighted by atomic mass is 9.73. The van der Waals surface area contributed by atoms with Crippen molar-refractivity contribution in [1.82, 2.24) is 15.0 Å². The van der Waals surface area contributed by atoms with E-state index in [1.807, 2.05) is 62.4 Å². The Hall–Kier alpha value is -3.72. The van der Waals surface area contributed by atoms with Crippen LogP contribution in [-0.4, -0.2) is 51.9 Å². The number of carboxylic acid groups (broad SMARTS) is 1. The Morgan fingerprint density at radius 1 is 1.04 bits per heavy atom. The third kappa shape index (κ3) is 7.77. The van der Waals surface area contributed by atoms with Crippen molar-refractivity contribution in [1.29, 1.82) is 0 Å². The first kappa shape index (κ1) is 34.2. The number of carbonyl (C=O) groups is 1. The van der Waals surface area contributed by atoms with E-state index in [-0.39, 0.29) is 6.04 Å². The quantitative estimate of drug-likeness (QED) is 0.163. The summed E-state index contributed by atoms with van der Waals surface area (Å²) in [6.45, 7) is 5.42. The molecule has 3 N–H and O–H groups in total. The fourth-order valence-electron chi connectivity index (χ4n) is 7.54. The summed E-state index contributed by atoms with van der Waals surface area (Å²) in [4.78, 5) is 19.8. The molecule has 1 aliphatic carbocycles. The molecule has 8 nitrogen and oxygen atoms in total. The molecule has 1 atom stereocenters. The lowest BCUT2D eigenvalue weighted by molar-refractivity contribution is -0.152. The van der Waals surface area contributed by atoms with Gasteiger partial charge in [0.15, 0.2) is 0 Å². The van der Waals surface area contributed by atoms with Gasteiger partial charge in [0, 0.05) is 27.7 Å². The van der Waals surface area contributed by atoms with Gasteiger partial charge in [-0.2, -0.15) is 4.98 Å². The number of hydrogen-bond donors (Lipinski definition) is 2. The van der Waals surface area contributed by atoms with Crippen molar-refractivity contribution in [2.45, 2.75) is 89.1 Å². The van der Waals surface area contributed by atoms with Crippen LogP contribution in [-0.2, 0) is 11.2 Å². The number of methoxy groups -OCH3 is 1. The van der Waals surface area contributed by atoms with Crippen LogP contribution in [0.5, 0.6) is 5.75 Å². The van der Waals surface area contributed by atoms with E-state index in [4.69, 9.17) is 31.6 Å². The lowest BCUT2D eigenvalue weighted by Gasteiger charge is -2.44. The normalized spacial score (nSPS) is 18.0. The van der Waals surface area contributed by atoms with Gasteiger partial charge in [0.25, 0.3) is 5.89 Å². The van der Waals surface area contributed by atoms with Crippen molar-refractivity contribution in [2.75, 3.05) is 20.2 Å². The Balaban J connectivity index is 1.16. The first-order valence-electron chi connectivity index (χ1n) is 17.2. The summed E-state index contributed by atoms with van der Waals surface area (Å²) in [5, 5.41) is 15.4. The Bertz CT molecular complexity index is 1680. The number of nitrogens with two attached hydrogens (primary N) is 1. The Morgan fingerprint density at radius 2 is 1.71 bits per heavy atom. The molecule has 1 unspecified atom stereocenters. The highest BCUT2D eigenvalue weighted by Crippen LogP contribution is 2.41. The minimum absolute atomic E-state index is 0.0393. The summed E-state index contributed by atoms with van der Waals surface area (Å²) >= 11 is 6.73. The third-order valence-corrected chi connectivity index (χ3v) is 10.7. The lowest BCUT2D eigenvalue weighted by Crippen LogP contribution is -2.48. The Kier molecular flexibility index (Phi) is 10.3. The number of likely N-dealkylation sites (tertiary alicyclic amines) is 1. The number of piperidine rings is 1. The van der Waals surface area contributed by atoms with Gasteiger partial charge in [-0.3, -0.25) is 9.69 Å². The van der Waals surface area contributed by atoms with Crippen LogP contribution in [0.4, 0.5) is 0 Å². The van der Waals surface area contributed by atoms with Crippen LogP contribution < -0.4 is 10.5 Å². The molecule has 6 rings (SSSR count). The number of benzene rings is 3. The molecule has 4 aromatic rings. The molecule has 1 aromatic heterocycles. The summed E-state index contributed by atoms with van der Waals surface area (Å²) in [6.07, 6.45) is 8.55. The third-order valence-electron chi connectivity index (χ3n) is 10.3. The smallest absolute Gasteiger partial charge is 0.310 e. The molecule has 0 radical (unpaired) electrons. The zero-order valence-corrected chi connectivity index (χ0v) is 29.0. The maximum atomic E-state index is 12.7. The molecule has 48 heavy (non-hydrogen) atoms. The monoisotopic (exact) mass is 670 g/mol. The highest BCUT2D eigenvalue weighted by molar-refractivity contribution is 6.31. The van der Waals surface area contributed by atoms with E-state index in [0.29, 0.717) is 50.0 Å². The van der Waals surface area contributed by atoms with Gasteiger partial charge in [0.2, 0.25) is 5.82 Å². The van der Waals surface area contributed by atoms with Gasteiger partial charge >= 0.3 is 5.97 Å². The maximum absolute atomic E-state index is 12.7. The molecule has 2 aliphatic rings. The average molecular weight is 671 g/mol. The fourth-order valence-corrected chi connectivity index (χ4v) is 7.87. The highest BCUT2D eigenvalue weighted by atomic mass is 35.5. The van der Waals surface area contributed by atoms with E-state index in [1.54, 1.807) is 7.11 Å². The van der Waals surface area contributed by atoms with E-state index in [2.05, 4.69) is 28.3 Å². The first-order valence-corrected chi connectivity index (χ1v) is 17.5. The first-order chi connectivity index (χ1) is 23.0. The fraction of sp³-hybridized carbons (Fsp3) is 0.462. The molecule has 0 bridgehead atoms. The van der Waals surface area contributed by atoms with E-state index in [1.165, 1.54) is 37.7 Å². The molecule has 2 fully saturated rings. The summed E-state index contributed by atoms with van der Waals surface area (Å²) in [7, 11) is 1.63. The van der Waals surface area contributed by atoms with Crippen molar-refractivity contribution in [2.24, 2.45) is 11.1 Å². The minimum atomic E-state index is -0.811. The predicted octanol–water partition coefficient (Wildman–Crippen LogP) is 8.69. The summed E-state index contributed by atoms with van der Waals surface area (Å²) < 4.78 is 11.0. The molecule has 254 valence electrons. The number of ether oxygens (including phenoxy) is 1. The second-order valence-corrected chi connectivity index (χ2v) is 14.9. The van der Waals surface area contributed by atoms with E-state index in [0.717, 1.165) is 39.4 Å². The Labute approximate surface area is 288 Å². The number of nitrogens with zero attached hydrogens (tertiary/aromatic N) is 3. The molecule has 3 aromatic carbocycles. The molecule has 0 spiro atoms.